The van der Waals surface area contributed by atoms with Gasteiger partial charge >= 0.3 is 6.03 Å². The lowest BCUT2D eigenvalue weighted by Gasteiger charge is -2.24. The Hall–Kier alpha value is -2.08. The van der Waals surface area contributed by atoms with Gasteiger partial charge in [0.1, 0.15) is 5.82 Å². The monoisotopic (exact) mass is 316 g/mol. The van der Waals surface area contributed by atoms with Crippen LogP contribution in [-0.2, 0) is 0 Å². The number of carbonyl (C=O) groups excluding carboxylic acids is 1. The van der Waals surface area contributed by atoms with Gasteiger partial charge in [0.05, 0.1) is 17.1 Å². The molecule has 1 aromatic heterocycles. The molecule has 0 radical (unpaired) electrons. The number of hydrogen-bond donors (Lipinski definition) is 3. The molecular weight excluding hydrogens is 292 g/mol. The molecule has 6 nitrogen and oxygen atoms in total. The Morgan fingerprint density at radius 3 is 2.91 bits per heavy atom. The highest BCUT2D eigenvalue weighted by Gasteiger charge is 2.32. The van der Waals surface area contributed by atoms with Gasteiger partial charge < -0.3 is 20.3 Å². The van der Waals surface area contributed by atoms with Gasteiger partial charge in [0.25, 0.3) is 0 Å². The van der Waals surface area contributed by atoms with Crippen LogP contribution >= 0.6 is 0 Å². The summed E-state index contributed by atoms with van der Waals surface area (Å²) in [6.07, 6.45) is 3.71. The highest BCUT2D eigenvalue weighted by Crippen LogP contribution is 2.27. The zero-order valence-corrected chi connectivity index (χ0v) is 13.5. The summed E-state index contributed by atoms with van der Waals surface area (Å²) in [6, 6.07) is 7.99. The Kier molecular flexibility index (Phi) is 4.81. The van der Waals surface area contributed by atoms with Crippen molar-refractivity contribution >= 4 is 17.1 Å². The zero-order valence-electron chi connectivity index (χ0n) is 13.5. The molecule has 1 aliphatic carbocycles. The molecule has 1 heterocycles. The van der Waals surface area contributed by atoms with Gasteiger partial charge in [-0.2, -0.15) is 0 Å². The molecule has 6 heteroatoms. The third-order valence-electron chi connectivity index (χ3n) is 4.21. The summed E-state index contributed by atoms with van der Waals surface area (Å²) in [5.41, 5.74) is 1.89. The smallest absolute Gasteiger partial charge is 0.318 e. The van der Waals surface area contributed by atoms with Gasteiger partial charge in [-0.1, -0.05) is 12.1 Å². The predicted octanol–water partition coefficient (Wildman–Crippen LogP) is 2.57. The van der Waals surface area contributed by atoms with Gasteiger partial charge in [-0.05, 0) is 44.7 Å². The Bertz CT molecular complexity index is 632. The number of imidazole rings is 1. The van der Waals surface area contributed by atoms with Gasteiger partial charge in [0, 0.05) is 19.2 Å². The van der Waals surface area contributed by atoms with Crippen molar-refractivity contribution in [2.45, 2.75) is 44.7 Å². The molecule has 1 atom stereocenters. The minimum absolute atomic E-state index is 0.0432. The van der Waals surface area contributed by atoms with Crippen LogP contribution in [0.15, 0.2) is 24.3 Å². The van der Waals surface area contributed by atoms with Crippen LogP contribution in [-0.4, -0.2) is 45.2 Å². The summed E-state index contributed by atoms with van der Waals surface area (Å²) in [6.45, 7) is 2.81. The van der Waals surface area contributed by atoms with E-state index in [1.165, 1.54) is 0 Å². The molecule has 3 N–H and O–H groups in total. The molecule has 3 rings (SSSR count). The molecule has 1 aromatic carbocycles. The fraction of sp³-hybridized carbons (Fsp3) is 0.529. The Balaban J connectivity index is 1.63. The summed E-state index contributed by atoms with van der Waals surface area (Å²) in [7, 11) is 0. The minimum atomic E-state index is -0.172. The first kappa shape index (κ1) is 15.8. The average molecular weight is 316 g/mol. The van der Waals surface area contributed by atoms with Crippen molar-refractivity contribution in [1.29, 1.82) is 0 Å². The number of para-hydroxylation sites is 2. The van der Waals surface area contributed by atoms with Crippen molar-refractivity contribution in [3.63, 3.8) is 0 Å². The third kappa shape index (κ3) is 3.82. The number of amides is 2. The number of nitrogens with one attached hydrogen (secondary N) is 2. The highest BCUT2D eigenvalue weighted by molar-refractivity contribution is 5.77. The van der Waals surface area contributed by atoms with E-state index in [4.69, 9.17) is 5.11 Å². The Morgan fingerprint density at radius 1 is 1.43 bits per heavy atom. The van der Waals surface area contributed by atoms with E-state index < -0.39 is 0 Å². The van der Waals surface area contributed by atoms with Gasteiger partial charge in [-0.3, -0.25) is 0 Å². The Morgan fingerprint density at radius 2 is 2.22 bits per heavy atom. The first-order valence-electron chi connectivity index (χ1n) is 8.31. The van der Waals surface area contributed by atoms with E-state index in [0.29, 0.717) is 12.6 Å². The maximum Gasteiger partial charge on any atom is 0.318 e. The van der Waals surface area contributed by atoms with Gasteiger partial charge in [0.2, 0.25) is 0 Å². The van der Waals surface area contributed by atoms with E-state index in [2.05, 4.69) is 15.3 Å². The van der Waals surface area contributed by atoms with Crippen LogP contribution in [0.2, 0.25) is 0 Å². The summed E-state index contributed by atoms with van der Waals surface area (Å²) < 4.78 is 0. The van der Waals surface area contributed by atoms with Crippen LogP contribution in [0.4, 0.5) is 4.79 Å². The number of aromatic amines is 1. The van der Waals surface area contributed by atoms with Crippen LogP contribution in [0.25, 0.3) is 11.0 Å². The predicted molar refractivity (Wildman–Crippen MR) is 89.1 cm³/mol. The maximum absolute atomic E-state index is 12.5. The van der Waals surface area contributed by atoms with E-state index in [1.807, 2.05) is 36.1 Å². The number of unbranched alkanes of at least 4 members (excludes halogenated alkanes) is 1. The Labute approximate surface area is 135 Å². The van der Waals surface area contributed by atoms with Crippen molar-refractivity contribution in [2.24, 2.45) is 0 Å². The van der Waals surface area contributed by atoms with Gasteiger partial charge in [0.15, 0.2) is 0 Å². The van der Waals surface area contributed by atoms with E-state index >= 15 is 0 Å². The normalized spacial score (nSPS) is 15.6. The number of aliphatic hydroxyl groups excluding tert-OH is 1. The van der Waals surface area contributed by atoms with Crippen molar-refractivity contribution in [3.8, 4) is 0 Å². The van der Waals surface area contributed by atoms with E-state index in [0.717, 1.165) is 42.5 Å². The van der Waals surface area contributed by atoms with Crippen molar-refractivity contribution in [1.82, 2.24) is 20.2 Å². The molecule has 2 aromatic rings. The highest BCUT2D eigenvalue weighted by atomic mass is 16.3. The SMILES string of the molecule is CC(NC(=O)N(CCCCO)C1CC1)c1nc2ccccc2[nH]1. The van der Waals surface area contributed by atoms with E-state index in [1.54, 1.807) is 0 Å². The second-order valence-electron chi connectivity index (χ2n) is 6.17. The van der Waals surface area contributed by atoms with Crippen LogP contribution in [0, 0.1) is 0 Å². The van der Waals surface area contributed by atoms with Crippen molar-refractivity contribution in [3.05, 3.63) is 30.1 Å². The number of carbonyl (C=O) groups is 1. The number of nitrogens with zero attached hydrogens (tertiary/aromatic N) is 2. The molecule has 0 saturated heterocycles. The third-order valence-corrected chi connectivity index (χ3v) is 4.21. The molecule has 23 heavy (non-hydrogen) atoms. The number of rotatable bonds is 7. The molecule has 1 unspecified atom stereocenters. The second-order valence-corrected chi connectivity index (χ2v) is 6.17. The van der Waals surface area contributed by atoms with Gasteiger partial charge in [-0.25, -0.2) is 9.78 Å². The van der Waals surface area contributed by atoms with Crippen molar-refractivity contribution < 1.29 is 9.90 Å². The fourth-order valence-corrected chi connectivity index (χ4v) is 2.74. The summed E-state index contributed by atoms with van der Waals surface area (Å²) in [4.78, 5) is 22.2. The van der Waals surface area contributed by atoms with Crippen LogP contribution in [0.3, 0.4) is 0 Å². The van der Waals surface area contributed by atoms with E-state index in [-0.39, 0.29) is 18.7 Å². The molecule has 124 valence electrons. The first-order chi connectivity index (χ1) is 11.2. The summed E-state index contributed by atoms with van der Waals surface area (Å²) >= 11 is 0. The number of benzene rings is 1. The molecule has 0 spiro atoms. The zero-order chi connectivity index (χ0) is 16.2. The largest absolute Gasteiger partial charge is 0.396 e. The molecule has 1 fully saturated rings. The minimum Gasteiger partial charge on any atom is -0.396 e. The summed E-state index contributed by atoms with van der Waals surface area (Å²) in [5.74, 6) is 0.769. The first-order valence-corrected chi connectivity index (χ1v) is 8.31. The van der Waals surface area contributed by atoms with E-state index in [9.17, 15) is 4.79 Å². The summed E-state index contributed by atoms with van der Waals surface area (Å²) in [5, 5.41) is 11.9. The second kappa shape index (κ2) is 7.00. The standard InChI is InChI=1S/C17H24N4O2/c1-12(16-19-14-6-2-3-7-15(14)20-16)18-17(23)21(13-8-9-13)10-4-5-11-22/h2-3,6-7,12-13,22H,4-5,8-11H2,1H3,(H,18,23)(H,19,20). The van der Waals surface area contributed by atoms with Crippen molar-refractivity contribution in [2.75, 3.05) is 13.2 Å². The lowest BCUT2D eigenvalue weighted by Crippen LogP contribution is -2.43. The molecule has 0 bridgehead atoms. The average Bonchev–Trinajstić information content (AvgIpc) is 3.28. The number of aromatic nitrogens is 2. The van der Waals surface area contributed by atoms with Crippen LogP contribution in [0.5, 0.6) is 0 Å². The lowest BCUT2D eigenvalue weighted by atomic mass is 10.3. The van der Waals surface area contributed by atoms with Crippen LogP contribution < -0.4 is 5.32 Å². The fourth-order valence-electron chi connectivity index (χ4n) is 2.74. The molecule has 0 aliphatic heterocycles. The quantitative estimate of drug-likeness (QED) is 0.687. The number of hydrogen-bond acceptors (Lipinski definition) is 3. The lowest BCUT2D eigenvalue weighted by molar-refractivity contribution is 0.187. The molecular formula is C17H24N4O2. The number of fused-ring (bicyclic) bond motifs is 1. The van der Waals surface area contributed by atoms with Crippen LogP contribution in [0.1, 0.15) is 44.5 Å². The molecule has 2 amide bonds. The molecule has 1 saturated carbocycles. The van der Waals surface area contributed by atoms with Gasteiger partial charge in [-0.15, -0.1) is 0 Å². The maximum atomic E-state index is 12.5. The number of H-pyrrole nitrogens is 1. The molecule has 1 aliphatic rings. The number of urea groups is 1. The topological polar surface area (TPSA) is 81.2 Å². The number of aliphatic hydroxyl groups is 1.